The van der Waals surface area contributed by atoms with Crippen LogP contribution in [0.2, 0.25) is 0 Å². The Hall–Kier alpha value is -0.840. The molecule has 1 fully saturated rings. The van der Waals surface area contributed by atoms with Crippen LogP contribution in [0.25, 0.3) is 10.9 Å². The summed E-state index contributed by atoms with van der Waals surface area (Å²) in [6, 6.07) is 8.62. The Morgan fingerprint density at radius 1 is 1.41 bits per heavy atom. The van der Waals surface area contributed by atoms with Gasteiger partial charge in [-0.05, 0) is 54.5 Å². The smallest absolute Gasteiger partial charge is 0.0859 e. The largest absolute Gasteiger partial charge is 0.385 e. The summed E-state index contributed by atoms with van der Waals surface area (Å²) in [6.07, 6.45) is 2.60. The molecular weight excluding hydrogens is 323 g/mol. The second-order valence-corrected chi connectivity index (χ2v) is 5.70. The van der Waals surface area contributed by atoms with E-state index in [0.717, 1.165) is 12.1 Å². The van der Waals surface area contributed by atoms with E-state index in [9.17, 15) is 0 Å². The van der Waals surface area contributed by atoms with E-state index in [0.29, 0.717) is 5.92 Å². The lowest BCUT2D eigenvalue weighted by atomic mass is 10.1. The van der Waals surface area contributed by atoms with Gasteiger partial charge in [-0.15, -0.1) is 0 Å². The quantitative estimate of drug-likeness (QED) is 0.851. The van der Waals surface area contributed by atoms with E-state index < -0.39 is 0 Å². The first-order valence-corrected chi connectivity index (χ1v) is 7.20. The molecule has 1 aliphatic rings. The Balaban J connectivity index is 2.23. The minimum atomic E-state index is 0.702. The van der Waals surface area contributed by atoms with Crippen LogP contribution in [0.4, 0.5) is 5.69 Å². The maximum absolute atomic E-state index is 4.83. The van der Waals surface area contributed by atoms with Crippen molar-refractivity contribution in [1.29, 1.82) is 0 Å². The minimum absolute atomic E-state index is 0.702. The van der Waals surface area contributed by atoms with Crippen LogP contribution in [0.3, 0.4) is 0 Å². The zero-order valence-corrected chi connectivity index (χ0v) is 12.0. The molecule has 2 aromatic rings. The molecule has 0 atom stereocenters. The monoisotopic (exact) mass is 338 g/mol. The van der Waals surface area contributed by atoms with Crippen molar-refractivity contribution in [3.05, 3.63) is 33.5 Å². The lowest BCUT2D eigenvalue weighted by Gasteiger charge is -2.11. The molecule has 17 heavy (non-hydrogen) atoms. The van der Waals surface area contributed by atoms with Crippen molar-refractivity contribution in [2.24, 2.45) is 0 Å². The summed E-state index contributed by atoms with van der Waals surface area (Å²) in [5, 5.41) is 4.70. The maximum atomic E-state index is 4.83. The molecule has 1 aromatic carbocycles. The molecule has 1 heterocycles. The summed E-state index contributed by atoms with van der Waals surface area (Å²) in [5.41, 5.74) is 3.64. The van der Waals surface area contributed by atoms with Crippen molar-refractivity contribution >= 4 is 39.2 Å². The van der Waals surface area contributed by atoms with Gasteiger partial charge in [0.1, 0.15) is 0 Å². The number of anilines is 1. The van der Waals surface area contributed by atoms with E-state index in [-0.39, 0.29) is 0 Å². The highest BCUT2D eigenvalue weighted by atomic mass is 127. The number of nitrogens with one attached hydrogen (secondary N) is 1. The third-order valence-corrected chi connectivity index (χ3v) is 4.04. The molecule has 2 nitrogen and oxygen atoms in total. The molecule has 3 heteroatoms. The standard InChI is InChI=1S/C14H15IN2/c1-2-16-13-8-12(9-6-7-9)17-14-10(13)4-3-5-11(14)15/h3-5,8-9H,2,6-7H2,1H3,(H,16,17). The predicted molar refractivity (Wildman–Crippen MR) is 80.6 cm³/mol. The first-order chi connectivity index (χ1) is 8.29. The number of rotatable bonds is 3. The lowest BCUT2D eigenvalue weighted by Crippen LogP contribution is -2.00. The van der Waals surface area contributed by atoms with Crippen LogP contribution in [0, 0.1) is 3.57 Å². The van der Waals surface area contributed by atoms with Crippen molar-refractivity contribution in [3.63, 3.8) is 0 Å². The topological polar surface area (TPSA) is 24.9 Å². The Morgan fingerprint density at radius 2 is 2.24 bits per heavy atom. The molecule has 0 spiro atoms. The van der Waals surface area contributed by atoms with Crippen molar-refractivity contribution < 1.29 is 0 Å². The third kappa shape index (κ3) is 2.12. The van der Waals surface area contributed by atoms with Crippen molar-refractivity contribution in [2.45, 2.75) is 25.7 Å². The van der Waals surface area contributed by atoms with E-state index >= 15 is 0 Å². The highest BCUT2D eigenvalue weighted by Crippen LogP contribution is 2.41. The van der Waals surface area contributed by atoms with Gasteiger partial charge in [-0.2, -0.15) is 0 Å². The van der Waals surface area contributed by atoms with E-state index in [1.807, 2.05) is 0 Å². The summed E-state index contributed by atoms with van der Waals surface area (Å²) in [6.45, 7) is 3.09. The van der Waals surface area contributed by atoms with Gasteiger partial charge in [0.05, 0.1) is 5.52 Å². The Labute approximate surface area is 115 Å². The van der Waals surface area contributed by atoms with E-state index in [1.165, 1.54) is 33.2 Å². The van der Waals surface area contributed by atoms with Crippen molar-refractivity contribution in [1.82, 2.24) is 4.98 Å². The van der Waals surface area contributed by atoms with Crippen LogP contribution < -0.4 is 5.32 Å². The summed E-state index contributed by atoms with van der Waals surface area (Å²) < 4.78 is 1.24. The Kier molecular flexibility index (Phi) is 2.94. The van der Waals surface area contributed by atoms with Gasteiger partial charge < -0.3 is 5.32 Å². The number of hydrogen-bond acceptors (Lipinski definition) is 2. The van der Waals surface area contributed by atoms with Crippen LogP contribution in [-0.4, -0.2) is 11.5 Å². The van der Waals surface area contributed by atoms with Gasteiger partial charge >= 0.3 is 0 Å². The fraction of sp³-hybridized carbons (Fsp3) is 0.357. The van der Waals surface area contributed by atoms with Crippen molar-refractivity contribution in [3.8, 4) is 0 Å². The number of pyridine rings is 1. The number of nitrogens with zero attached hydrogens (tertiary/aromatic N) is 1. The van der Waals surface area contributed by atoms with Crippen LogP contribution >= 0.6 is 22.6 Å². The zero-order chi connectivity index (χ0) is 11.8. The van der Waals surface area contributed by atoms with Gasteiger partial charge in [0, 0.05) is 32.8 Å². The second-order valence-electron chi connectivity index (χ2n) is 4.54. The Morgan fingerprint density at radius 3 is 2.94 bits per heavy atom. The first-order valence-electron chi connectivity index (χ1n) is 6.12. The van der Waals surface area contributed by atoms with Gasteiger partial charge in [0.2, 0.25) is 0 Å². The summed E-state index contributed by atoms with van der Waals surface area (Å²) >= 11 is 2.37. The van der Waals surface area contributed by atoms with Gasteiger partial charge in [-0.1, -0.05) is 12.1 Å². The minimum Gasteiger partial charge on any atom is -0.385 e. The van der Waals surface area contributed by atoms with Gasteiger partial charge in [0.15, 0.2) is 0 Å². The van der Waals surface area contributed by atoms with E-state index in [2.05, 4.69) is 59.1 Å². The van der Waals surface area contributed by atoms with Crippen LogP contribution in [0.15, 0.2) is 24.3 Å². The number of hydrogen-bond donors (Lipinski definition) is 1. The first kappa shape index (κ1) is 11.3. The van der Waals surface area contributed by atoms with E-state index in [1.54, 1.807) is 0 Å². The molecule has 1 saturated carbocycles. The zero-order valence-electron chi connectivity index (χ0n) is 9.83. The second kappa shape index (κ2) is 4.44. The van der Waals surface area contributed by atoms with Crippen LogP contribution in [0.1, 0.15) is 31.4 Å². The Bertz CT molecular complexity index is 561. The maximum Gasteiger partial charge on any atom is 0.0859 e. The van der Waals surface area contributed by atoms with Gasteiger partial charge in [0.25, 0.3) is 0 Å². The number of halogens is 1. The van der Waals surface area contributed by atoms with Gasteiger partial charge in [-0.25, -0.2) is 0 Å². The molecule has 0 radical (unpaired) electrons. The normalized spacial score (nSPS) is 15.2. The summed E-state index contributed by atoms with van der Waals surface area (Å²) in [4.78, 5) is 4.83. The molecule has 0 saturated heterocycles. The van der Waals surface area contributed by atoms with Crippen LogP contribution in [-0.2, 0) is 0 Å². The fourth-order valence-corrected chi connectivity index (χ4v) is 2.78. The molecule has 1 aromatic heterocycles. The average molecular weight is 338 g/mol. The molecule has 1 N–H and O–H groups in total. The molecule has 0 aliphatic heterocycles. The number of para-hydroxylation sites is 1. The SMILES string of the molecule is CCNc1cc(C2CC2)nc2c(I)cccc12. The molecule has 3 rings (SSSR count). The molecule has 1 aliphatic carbocycles. The molecule has 0 amide bonds. The lowest BCUT2D eigenvalue weighted by molar-refractivity contribution is 1.04. The molecule has 88 valence electrons. The number of fused-ring (bicyclic) bond motifs is 1. The average Bonchev–Trinajstić information content (AvgIpc) is 3.14. The van der Waals surface area contributed by atoms with E-state index in [4.69, 9.17) is 4.98 Å². The van der Waals surface area contributed by atoms with Crippen LogP contribution in [0.5, 0.6) is 0 Å². The molecular formula is C14H15IN2. The molecule has 0 bridgehead atoms. The summed E-state index contributed by atoms with van der Waals surface area (Å²) in [5.74, 6) is 0.702. The molecule has 0 unspecified atom stereocenters. The summed E-state index contributed by atoms with van der Waals surface area (Å²) in [7, 11) is 0. The van der Waals surface area contributed by atoms with Crippen molar-refractivity contribution in [2.75, 3.05) is 11.9 Å². The number of aromatic nitrogens is 1. The fourth-order valence-electron chi connectivity index (χ4n) is 2.16. The highest BCUT2D eigenvalue weighted by Gasteiger charge is 2.26. The predicted octanol–water partition coefficient (Wildman–Crippen LogP) is 4.15. The van der Waals surface area contributed by atoms with Gasteiger partial charge in [-0.3, -0.25) is 4.98 Å². The third-order valence-electron chi connectivity index (χ3n) is 3.17. The number of benzene rings is 1. The highest BCUT2D eigenvalue weighted by molar-refractivity contribution is 14.1.